The first-order chi connectivity index (χ1) is 19.3. The topological polar surface area (TPSA) is 114 Å². The molecule has 0 saturated carbocycles. The van der Waals surface area contributed by atoms with Gasteiger partial charge in [-0.25, -0.2) is 14.3 Å². The molecule has 2 unspecified atom stereocenters. The van der Waals surface area contributed by atoms with Gasteiger partial charge in [0, 0.05) is 36.7 Å². The van der Waals surface area contributed by atoms with E-state index in [1.165, 1.54) is 0 Å². The number of urea groups is 1. The molecule has 11 heteroatoms. The molecule has 40 heavy (non-hydrogen) atoms. The highest BCUT2D eigenvalue weighted by Gasteiger charge is 2.27. The van der Waals surface area contributed by atoms with E-state index in [2.05, 4.69) is 42.9 Å². The first-order valence-electron chi connectivity index (χ1n) is 13.7. The minimum absolute atomic E-state index is 0.0512. The lowest BCUT2D eigenvalue weighted by Crippen LogP contribution is -2.45. The number of hydrogen-bond donors (Lipinski definition) is 3. The van der Waals surface area contributed by atoms with Crippen LogP contribution in [0.4, 0.5) is 4.79 Å². The zero-order chi connectivity index (χ0) is 28.0. The number of allylic oxidation sites excluding steroid dienone is 4. The number of carbonyl (C=O) groups is 1. The summed E-state index contributed by atoms with van der Waals surface area (Å²) < 4.78 is 13.0. The fourth-order valence-corrected chi connectivity index (χ4v) is 4.49. The minimum Gasteiger partial charge on any atom is -0.490 e. The molecule has 0 radical (unpaired) electrons. The van der Waals surface area contributed by atoms with Crippen LogP contribution in [0.3, 0.4) is 0 Å². The third-order valence-corrected chi connectivity index (χ3v) is 6.68. The number of aromatic nitrogens is 3. The summed E-state index contributed by atoms with van der Waals surface area (Å²) in [6.07, 6.45) is 14.2. The van der Waals surface area contributed by atoms with E-state index in [-0.39, 0.29) is 17.4 Å². The summed E-state index contributed by atoms with van der Waals surface area (Å²) >= 11 is 0. The van der Waals surface area contributed by atoms with Gasteiger partial charge in [-0.2, -0.15) is 5.10 Å². The van der Waals surface area contributed by atoms with Gasteiger partial charge in [0.1, 0.15) is 11.9 Å². The molecule has 1 aliphatic carbocycles. The van der Waals surface area contributed by atoms with Gasteiger partial charge >= 0.3 is 6.03 Å². The molecule has 3 N–H and O–H groups in total. The Kier molecular flexibility index (Phi) is 8.69. The van der Waals surface area contributed by atoms with Gasteiger partial charge < -0.3 is 24.9 Å². The average molecular weight is 548 g/mol. The molecule has 2 amide bonds. The molecule has 1 fully saturated rings. The Bertz CT molecular complexity index is 1360. The highest BCUT2D eigenvalue weighted by atomic mass is 16.7. The van der Waals surface area contributed by atoms with E-state index >= 15 is 0 Å². The predicted molar refractivity (Wildman–Crippen MR) is 150 cm³/mol. The maximum Gasteiger partial charge on any atom is 0.320 e. The maximum atomic E-state index is 12.5. The Morgan fingerprint density at radius 3 is 2.90 bits per heavy atom. The Morgan fingerprint density at radius 2 is 2.10 bits per heavy atom. The fraction of sp³-hybridized carbons (Fsp3) is 0.483. The SMILES string of the molecule is CC(C)(C)C1=CC(NC(=O)NC2=CC(C#Cc3cnn4cc(OCCCN5CCOCC5)cnc34)CC=C2)NO1. The summed E-state index contributed by atoms with van der Waals surface area (Å²) in [5.74, 6) is 7.89. The third kappa shape index (κ3) is 7.41. The first kappa shape index (κ1) is 27.7. The highest BCUT2D eigenvalue weighted by molar-refractivity contribution is 5.77. The number of fused-ring (bicyclic) bond motifs is 1. The van der Waals surface area contributed by atoms with Crippen molar-refractivity contribution in [1.29, 1.82) is 0 Å². The van der Waals surface area contributed by atoms with Gasteiger partial charge in [-0.1, -0.05) is 38.7 Å². The molecule has 5 rings (SSSR count). The number of nitrogens with zero attached hydrogens (tertiary/aromatic N) is 4. The van der Waals surface area contributed by atoms with Crippen LogP contribution in [0, 0.1) is 23.2 Å². The zero-order valence-electron chi connectivity index (χ0n) is 23.3. The van der Waals surface area contributed by atoms with E-state index in [4.69, 9.17) is 14.3 Å². The van der Waals surface area contributed by atoms with Crippen LogP contribution in [0.2, 0.25) is 0 Å². The van der Waals surface area contributed by atoms with Crippen LogP contribution >= 0.6 is 0 Å². The van der Waals surface area contributed by atoms with Gasteiger partial charge in [0.15, 0.2) is 11.4 Å². The van der Waals surface area contributed by atoms with Crippen molar-refractivity contribution in [3.05, 3.63) is 59.9 Å². The van der Waals surface area contributed by atoms with Crippen LogP contribution in [0.25, 0.3) is 5.65 Å². The van der Waals surface area contributed by atoms with Crippen LogP contribution in [-0.4, -0.2) is 71.1 Å². The van der Waals surface area contributed by atoms with Crippen molar-refractivity contribution in [2.24, 2.45) is 11.3 Å². The summed E-state index contributed by atoms with van der Waals surface area (Å²) in [6, 6.07) is -0.331. The molecule has 2 aromatic rings. The third-order valence-electron chi connectivity index (χ3n) is 6.68. The molecule has 0 spiro atoms. The molecule has 11 nitrogen and oxygen atoms in total. The zero-order valence-corrected chi connectivity index (χ0v) is 23.3. The quantitative estimate of drug-likeness (QED) is 0.358. The van der Waals surface area contributed by atoms with Gasteiger partial charge in [0.2, 0.25) is 0 Å². The Morgan fingerprint density at radius 1 is 1.25 bits per heavy atom. The molecule has 3 aliphatic rings. The maximum absolute atomic E-state index is 12.5. The lowest BCUT2D eigenvalue weighted by atomic mass is 9.94. The van der Waals surface area contributed by atoms with Gasteiger partial charge in [-0.05, 0) is 31.1 Å². The summed E-state index contributed by atoms with van der Waals surface area (Å²) in [5.41, 5.74) is 4.78. The Balaban J connectivity index is 1.13. The normalized spacial score (nSPS) is 21.2. The van der Waals surface area contributed by atoms with Crippen LogP contribution in [-0.2, 0) is 9.57 Å². The van der Waals surface area contributed by atoms with Crippen LogP contribution in [0.15, 0.2) is 54.4 Å². The van der Waals surface area contributed by atoms with Crippen molar-refractivity contribution in [3.8, 4) is 17.6 Å². The van der Waals surface area contributed by atoms with E-state index in [0.29, 0.717) is 23.7 Å². The number of nitrogens with one attached hydrogen (secondary N) is 3. The molecule has 2 aromatic heterocycles. The largest absolute Gasteiger partial charge is 0.490 e. The molecular weight excluding hydrogens is 510 g/mol. The minimum atomic E-state index is -0.401. The van der Waals surface area contributed by atoms with Gasteiger partial charge in [-0.15, -0.1) is 5.48 Å². The molecule has 2 aliphatic heterocycles. The van der Waals surface area contributed by atoms with Crippen molar-refractivity contribution >= 4 is 11.7 Å². The monoisotopic (exact) mass is 547 g/mol. The van der Waals surface area contributed by atoms with E-state index in [9.17, 15) is 4.79 Å². The Hall–Kier alpha value is -3.85. The number of hydroxylamine groups is 1. The molecule has 212 valence electrons. The second kappa shape index (κ2) is 12.6. The standard InChI is InChI=1S/C29H37N7O4/c1-29(2,3)25-17-26(34-40-25)33-28(37)32-23-7-4-6-21(16-23)8-9-22-18-31-36-20-24(19-30-27(22)36)39-13-5-10-35-11-14-38-15-12-35/h4,7,16-21,26,34H,5-6,10-15H2,1-3H3,(H2,32,33,37). The lowest BCUT2D eigenvalue weighted by Gasteiger charge is -2.26. The molecule has 1 saturated heterocycles. The van der Waals surface area contributed by atoms with E-state index in [0.717, 1.165) is 57.0 Å². The van der Waals surface area contributed by atoms with Gasteiger partial charge in [0.25, 0.3) is 0 Å². The van der Waals surface area contributed by atoms with E-state index in [1.54, 1.807) is 16.9 Å². The number of ether oxygens (including phenoxy) is 2. The van der Waals surface area contributed by atoms with Crippen LogP contribution in [0.1, 0.15) is 39.2 Å². The van der Waals surface area contributed by atoms with Crippen molar-refractivity contribution in [2.75, 3.05) is 39.5 Å². The van der Waals surface area contributed by atoms with E-state index in [1.807, 2.05) is 51.3 Å². The van der Waals surface area contributed by atoms with Gasteiger partial charge in [-0.3, -0.25) is 4.90 Å². The predicted octanol–water partition coefficient (Wildman–Crippen LogP) is 2.73. The summed E-state index contributed by atoms with van der Waals surface area (Å²) in [6.45, 7) is 11.3. The molecular formula is C29H37N7O4. The highest BCUT2D eigenvalue weighted by Crippen LogP contribution is 2.28. The molecule has 4 heterocycles. The van der Waals surface area contributed by atoms with E-state index < -0.39 is 6.17 Å². The van der Waals surface area contributed by atoms with Crippen LogP contribution < -0.4 is 20.9 Å². The van der Waals surface area contributed by atoms with Crippen molar-refractivity contribution < 1.29 is 19.1 Å². The van der Waals surface area contributed by atoms with Crippen LogP contribution in [0.5, 0.6) is 5.75 Å². The second-order valence-corrected chi connectivity index (χ2v) is 11.0. The van der Waals surface area contributed by atoms with Crippen molar-refractivity contribution in [3.63, 3.8) is 0 Å². The van der Waals surface area contributed by atoms with Gasteiger partial charge in [0.05, 0.1) is 44.0 Å². The molecule has 0 aromatic carbocycles. The number of rotatable bonds is 7. The fourth-order valence-electron chi connectivity index (χ4n) is 4.49. The number of hydrogen-bond acceptors (Lipinski definition) is 8. The smallest absolute Gasteiger partial charge is 0.320 e. The Labute approximate surface area is 234 Å². The summed E-state index contributed by atoms with van der Waals surface area (Å²) in [5, 5.41) is 10.1. The molecule has 0 bridgehead atoms. The van der Waals surface area contributed by atoms with Crippen molar-refractivity contribution in [1.82, 2.24) is 35.6 Å². The first-order valence-corrected chi connectivity index (χ1v) is 13.7. The average Bonchev–Trinajstić information content (AvgIpc) is 3.58. The number of morpholine rings is 1. The number of amides is 2. The summed E-state index contributed by atoms with van der Waals surface area (Å²) in [7, 11) is 0. The molecule has 2 atom stereocenters. The summed E-state index contributed by atoms with van der Waals surface area (Å²) in [4.78, 5) is 24.9. The second-order valence-electron chi connectivity index (χ2n) is 11.0. The lowest BCUT2D eigenvalue weighted by molar-refractivity contribution is 0.0358. The van der Waals surface area contributed by atoms with Crippen molar-refractivity contribution in [2.45, 2.75) is 39.8 Å². The number of carbonyl (C=O) groups excluding carboxylic acids is 1.